The smallest absolute Gasteiger partial charge is 0.367 e. The van der Waals surface area contributed by atoms with Gasteiger partial charge in [0.25, 0.3) is 0 Å². The Morgan fingerprint density at radius 1 is 1.67 bits per heavy atom. The summed E-state index contributed by atoms with van der Waals surface area (Å²) in [6.07, 6.45) is 1.42. The molecular formula is C10H10N2O5S. The second-order valence-corrected chi connectivity index (χ2v) is 3.71. The maximum absolute atomic E-state index is 11.4. The van der Waals surface area contributed by atoms with Crippen LogP contribution in [0.1, 0.15) is 15.5 Å². The van der Waals surface area contributed by atoms with Crippen molar-refractivity contribution in [3.63, 3.8) is 0 Å². The van der Waals surface area contributed by atoms with Crippen LogP contribution < -0.4 is 0 Å². The van der Waals surface area contributed by atoms with Crippen LogP contribution in [0.5, 0.6) is 0 Å². The van der Waals surface area contributed by atoms with Crippen LogP contribution in [0.25, 0.3) is 0 Å². The Kier molecular flexibility index (Phi) is 5.00. The summed E-state index contributed by atoms with van der Waals surface area (Å²) in [5, 5.41) is 13.6. The van der Waals surface area contributed by atoms with Crippen molar-refractivity contribution in [2.24, 2.45) is 5.16 Å². The Morgan fingerprint density at radius 3 is 2.94 bits per heavy atom. The summed E-state index contributed by atoms with van der Waals surface area (Å²) in [7, 11) is 1.22. The first-order valence-electron chi connectivity index (χ1n) is 4.68. The molecule has 0 radical (unpaired) electrons. The predicted octanol–water partition coefficient (Wildman–Crippen LogP) is 0.921. The SMILES string of the molecule is C=CCOC(=O)c1nc(/C(=N/OC)C(=O)O)cs1. The molecule has 0 amide bonds. The molecular weight excluding hydrogens is 260 g/mol. The maximum atomic E-state index is 11.4. The molecule has 0 atom stereocenters. The van der Waals surface area contributed by atoms with E-state index in [-0.39, 0.29) is 23.0 Å². The van der Waals surface area contributed by atoms with Gasteiger partial charge in [-0.3, -0.25) is 0 Å². The minimum Gasteiger partial charge on any atom is -0.476 e. The van der Waals surface area contributed by atoms with Crippen molar-refractivity contribution in [2.75, 3.05) is 13.7 Å². The number of thiazole rings is 1. The molecule has 0 aliphatic heterocycles. The van der Waals surface area contributed by atoms with Crippen LogP contribution in [0.3, 0.4) is 0 Å². The molecule has 0 spiro atoms. The van der Waals surface area contributed by atoms with Crippen molar-refractivity contribution in [1.82, 2.24) is 4.98 Å². The lowest BCUT2D eigenvalue weighted by molar-refractivity contribution is -0.129. The average Bonchev–Trinajstić information content (AvgIpc) is 2.81. The van der Waals surface area contributed by atoms with Gasteiger partial charge in [0.1, 0.15) is 19.4 Å². The van der Waals surface area contributed by atoms with Crippen LogP contribution >= 0.6 is 11.3 Å². The van der Waals surface area contributed by atoms with Gasteiger partial charge in [0, 0.05) is 5.38 Å². The zero-order valence-electron chi connectivity index (χ0n) is 9.45. The molecule has 7 nitrogen and oxygen atoms in total. The predicted molar refractivity (Wildman–Crippen MR) is 63.8 cm³/mol. The quantitative estimate of drug-likeness (QED) is 0.357. The van der Waals surface area contributed by atoms with Crippen molar-refractivity contribution >= 4 is 29.0 Å². The van der Waals surface area contributed by atoms with E-state index < -0.39 is 11.9 Å². The lowest BCUT2D eigenvalue weighted by Crippen LogP contribution is -2.16. The van der Waals surface area contributed by atoms with Crippen molar-refractivity contribution in [1.29, 1.82) is 0 Å². The van der Waals surface area contributed by atoms with Gasteiger partial charge in [-0.1, -0.05) is 17.8 Å². The molecule has 1 rings (SSSR count). The molecule has 0 aliphatic rings. The number of hydrogen-bond donors (Lipinski definition) is 1. The fraction of sp³-hybridized carbons (Fsp3) is 0.200. The molecule has 0 saturated heterocycles. The zero-order chi connectivity index (χ0) is 13.5. The number of hydrogen-bond acceptors (Lipinski definition) is 7. The van der Waals surface area contributed by atoms with Gasteiger partial charge < -0.3 is 14.7 Å². The third-order valence-electron chi connectivity index (χ3n) is 1.64. The van der Waals surface area contributed by atoms with E-state index >= 15 is 0 Å². The Labute approximate surface area is 106 Å². The van der Waals surface area contributed by atoms with Gasteiger partial charge in [-0.15, -0.1) is 11.3 Å². The molecule has 18 heavy (non-hydrogen) atoms. The molecule has 1 aromatic rings. The second-order valence-electron chi connectivity index (χ2n) is 2.85. The zero-order valence-corrected chi connectivity index (χ0v) is 10.3. The Bertz CT molecular complexity index is 494. The lowest BCUT2D eigenvalue weighted by Gasteiger charge is -1.97. The highest BCUT2D eigenvalue weighted by molar-refractivity contribution is 7.11. The van der Waals surface area contributed by atoms with E-state index in [1.54, 1.807) is 0 Å². The number of rotatable bonds is 6. The van der Waals surface area contributed by atoms with Crippen LogP contribution in [0.4, 0.5) is 0 Å². The van der Waals surface area contributed by atoms with Gasteiger partial charge in [-0.25, -0.2) is 14.6 Å². The van der Waals surface area contributed by atoms with Crippen LogP contribution in [0, 0.1) is 0 Å². The van der Waals surface area contributed by atoms with Gasteiger partial charge in [-0.2, -0.15) is 0 Å². The Hall–Kier alpha value is -2.22. The molecule has 96 valence electrons. The third kappa shape index (κ3) is 3.39. The average molecular weight is 270 g/mol. The number of carbonyl (C=O) groups excluding carboxylic acids is 1. The third-order valence-corrected chi connectivity index (χ3v) is 2.46. The van der Waals surface area contributed by atoms with Crippen LogP contribution in [-0.2, 0) is 14.4 Å². The normalized spacial score (nSPS) is 10.8. The molecule has 0 aromatic carbocycles. The van der Waals surface area contributed by atoms with Crippen LogP contribution in [0.2, 0.25) is 0 Å². The number of aromatic nitrogens is 1. The van der Waals surface area contributed by atoms with E-state index in [2.05, 4.69) is 21.6 Å². The number of esters is 1. The van der Waals surface area contributed by atoms with Gasteiger partial charge >= 0.3 is 11.9 Å². The fourth-order valence-corrected chi connectivity index (χ4v) is 1.65. The Balaban J connectivity index is 2.91. The minimum atomic E-state index is -1.30. The standard InChI is InChI=1S/C10H10N2O5S/c1-3-4-17-10(15)8-11-6(5-18-8)7(9(13)14)12-16-2/h3,5H,1,4H2,2H3,(H,13,14)/b12-7-. The highest BCUT2D eigenvalue weighted by Gasteiger charge is 2.20. The molecule has 0 bridgehead atoms. The van der Waals surface area contributed by atoms with Crippen molar-refractivity contribution in [3.8, 4) is 0 Å². The van der Waals surface area contributed by atoms with Gasteiger partial charge in [0.15, 0.2) is 0 Å². The first-order valence-corrected chi connectivity index (χ1v) is 5.56. The number of nitrogens with zero attached hydrogens (tertiary/aromatic N) is 2. The summed E-state index contributed by atoms with van der Waals surface area (Å²) in [6, 6.07) is 0. The van der Waals surface area contributed by atoms with E-state index in [0.29, 0.717) is 0 Å². The fourth-order valence-electron chi connectivity index (χ4n) is 0.959. The lowest BCUT2D eigenvalue weighted by atomic mass is 10.3. The van der Waals surface area contributed by atoms with E-state index in [1.807, 2.05) is 0 Å². The topological polar surface area (TPSA) is 98.1 Å². The van der Waals surface area contributed by atoms with Crippen molar-refractivity contribution in [2.45, 2.75) is 0 Å². The number of carbonyl (C=O) groups is 2. The molecule has 1 aromatic heterocycles. The molecule has 0 saturated carbocycles. The van der Waals surface area contributed by atoms with E-state index in [9.17, 15) is 9.59 Å². The number of carboxylic acids is 1. The maximum Gasteiger partial charge on any atom is 0.367 e. The summed E-state index contributed by atoms with van der Waals surface area (Å²) in [5.41, 5.74) is -0.337. The molecule has 0 fully saturated rings. The first kappa shape index (κ1) is 13.8. The van der Waals surface area contributed by atoms with Crippen molar-refractivity contribution in [3.05, 3.63) is 28.7 Å². The molecule has 0 aliphatic carbocycles. The second kappa shape index (κ2) is 6.50. The number of aliphatic carboxylic acids is 1. The summed E-state index contributed by atoms with van der Waals surface area (Å²) in [5.74, 6) is -1.94. The van der Waals surface area contributed by atoms with Crippen LogP contribution in [0.15, 0.2) is 23.2 Å². The minimum absolute atomic E-state index is 0.0388. The molecule has 1 N–H and O–H groups in total. The monoisotopic (exact) mass is 270 g/mol. The molecule has 0 unspecified atom stereocenters. The first-order chi connectivity index (χ1) is 8.60. The number of carboxylic acid groups (broad SMARTS) is 1. The largest absolute Gasteiger partial charge is 0.476 e. The number of oxime groups is 1. The highest BCUT2D eigenvalue weighted by Crippen LogP contribution is 2.12. The van der Waals surface area contributed by atoms with E-state index in [0.717, 1.165) is 11.3 Å². The molecule has 1 heterocycles. The van der Waals surface area contributed by atoms with E-state index in [4.69, 9.17) is 9.84 Å². The summed E-state index contributed by atoms with van der Waals surface area (Å²) < 4.78 is 4.76. The highest BCUT2D eigenvalue weighted by atomic mass is 32.1. The van der Waals surface area contributed by atoms with E-state index in [1.165, 1.54) is 18.6 Å². The Morgan fingerprint density at radius 2 is 2.39 bits per heavy atom. The van der Waals surface area contributed by atoms with Crippen molar-refractivity contribution < 1.29 is 24.3 Å². The summed E-state index contributed by atoms with van der Waals surface area (Å²) in [4.78, 5) is 30.5. The van der Waals surface area contributed by atoms with Crippen LogP contribution in [-0.4, -0.2) is 41.5 Å². The summed E-state index contributed by atoms with van der Waals surface area (Å²) >= 11 is 0.960. The summed E-state index contributed by atoms with van der Waals surface area (Å²) in [6.45, 7) is 3.46. The van der Waals surface area contributed by atoms with Gasteiger partial charge in [0.05, 0.1) is 0 Å². The number of ether oxygens (including phenoxy) is 1. The van der Waals surface area contributed by atoms with Gasteiger partial charge in [0.2, 0.25) is 10.7 Å². The van der Waals surface area contributed by atoms with Gasteiger partial charge in [-0.05, 0) is 0 Å². The molecule has 8 heteroatoms.